The minimum atomic E-state index is -1.02. The van der Waals surface area contributed by atoms with E-state index in [2.05, 4.69) is 4.98 Å². The van der Waals surface area contributed by atoms with Crippen molar-refractivity contribution in [1.82, 2.24) is 4.98 Å². The summed E-state index contributed by atoms with van der Waals surface area (Å²) in [6.45, 7) is 4.06. The average Bonchev–Trinajstić information content (AvgIpc) is 2.01. The fourth-order valence-corrected chi connectivity index (χ4v) is 1.57. The number of aromatic nitrogens is 1. The van der Waals surface area contributed by atoms with Crippen molar-refractivity contribution in [3.8, 4) is 0 Å². The Morgan fingerprint density at radius 1 is 1.64 bits per heavy atom. The zero-order valence-corrected chi connectivity index (χ0v) is 8.88. The van der Waals surface area contributed by atoms with E-state index in [1.165, 1.54) is 6.20 Å². The molecule has 0 fully saturated rings. The summed E-state index contributed by atoms with van der Waals surface area (Å²) < 4.78 is 0. The highest BCUT2D eigenvalue weighted by Gasteiger charge is 2.15. The molecule has 1 heterocycles. The third-order valence-corrected chi connectivity index (χ3v) is 2.12. The van der Waals surface area contributed by atoms with Crippen LogP contribution >= 0.6 is 11.6 Å². The highest BCUT2D eigenvalue weighted by Crippen LogP contribution is 2.20. The summed E-state index contributed by atoms with van der Waals surface area (Å²) in [5.41, 5.74) is 0.871. The summed E-state index contributed by atoms with van der Waals surface area (Å²) in [6, 6.07) is 1.70. The van der Waals surface area contributed by atoms with E-state index >= 15 is 0 Å². The van der Waals surface area contributed by atoms with E-state index in [1.807, 2.05) is 13.8 Å². The second-order valence-corrected chi connectivity index (χ2v) is 3.90. The molecule has 76 valence electrons. The van der Waals surface area contributed by atoms with Crippen LogP contribution in [0, 0.1) is 5.92 Å². The van der Waals surface area contributed by atoms with E-state index in [0.29, 0.717) is 12.3 Å². The minimum Gasteiger partial charge on any atom is -0.478 e. The zero-order chi connectivity index (χ0) is 10.7. The first-order valence-electron chi connectivity index (χ1n) is 4.39. The lowest BCUT2D eigenvalue weighted by atomic mass is 10.00. The number of nitrogens with zero attached hydrogens (tertiary/aromatic N) is 1. The highest BCUT2D eigenvalue weighted by atomic mass is 35.5. The Morgan fingerprint density at radius 3 is 2.79 bits per heavy atom. The molecule has 0 spiro atoms. The molecule has 0 saturated heterocycles. The van der Waals surface area contributed by atoms with Crippen LogP contribution in [0.15, 0.2) is 12.3 Å². The number of carbonyl (C=O) groups is 1. The second kappa shape index (κ2) is 4.42. The molecule has 0 unspecified atom stereocenters. The van der Waals surface area contributed by atoms with Gasteiger partial charge in [-0.15, -0.1) is 0 Å². The first kappa shape index (κ1) is 11.0. The van der Waals surface area contributed by atoms with Gasteiger partial charge in [0, 0.05) is 6.20 Å². The molecule has 1 aromatic heterocycles. The molecule has 0 aliphatic heterocycles. The van der Waals surface area contributed by atoms with Gasteiger partial charge in [-0.3, -0.25) is 0 Å². The van der Waals surface area contributed by atoms with E-state index in [9.17, 15) is 4.79 Å². The van der Waals surface area contributed by atoms with Crippen LogP contribution in [-0.4, -0.2) is 16.1 Å². The van der Waals surface area contributed by atoms with Gasteiger partial charge in [0.15, 0.2) is 0 Å². The second-order valence-electron chi connectivity index (χ2n) is 3.54. The summed E-state index contributed by atoms with van der Waals surface area (Å²) >= 11 is 5.72. The van der Waals surface area contributed by atoms with Crippen LogP contribution in [-0.2, 0) is 6.42 Å². The molecule has 0 aromatic carbocycles. The third-order valence-electron chi connectivity index (χ3n) is 1.83. The summed E-state index contributed by atoms with van der Waals surface area (Å²) in [7, 11) is 0. The number of hydrogen-bond acceptors (Lipinski definition) is 2. The molecule has 0 aliphatic carbocycles. The van der Waals surface area contributed by atoms with Gasteiger partial charge < -0.3 is 5.11 Å². The Labute approximate surface area is 87.7 Å². The molecule has 14 heavy (non-hydrogen) atoms. The van der Waals surface area contributed by atoms with Crippen LogP contribution in [0.5, 0.6) is 0 Å². The van der Waals surface area contributed by atoms with Crippen molar-refractivity contribution in [3.63, 3.8) is 0 Å². The molecule has 0 saturated carbocycles. The molecule has 0 atom stereocenters. The van der Waals surface area contributed by atoms with Crippen molar-refractivity contribution >= 4 is 17.6 Å². The summed E-state index contributed by atoms with van der Waals surface area (Å²) in [5.74, 6) is -0.620. The van der Waals surface area contributed by atoms with Gasteiger partial charge in [0.1, 0.15) is 5.15 Å². The van der Waals surface area contributed by atoms with Crippen LogP contribution in [0.25, 0.3) is 0 Å². The maximum atomic E-state index is 10.9. The monoisotopic (exact) mass is 213 g/mol. The fraction of sp³-hybridized carbons (Fsp3) is 0.400. The van der Waals surface area contributed by atoms with Crippen LogP contribution in [0.3, 0.4) is 0 Å². The first-order chi connectivity index (χ1) is 6.52. The summed E-state index contributed by atoms with van der Waals surface area (Å²) in [6.07, 6.45) is 2.23. The molecule has 0 radical (unpaired) electrons. The van der Waals surface area contributed by atoms with Crippen LogP contribution in [0.1, 0.15) is 29.8 Å². The number of rotatable bonds is 3. The number of halogens is 1. The van der Waals surface area contributed by atoms with Crippen LogP contribution in [0.2, 0.25) is 5.15 Å². The van der Waals surface area contributed by atoms with Gasteiger partial charge in [-0.2, -0.15) is 0 Å². The van der Waals surface area contributed by atoms with E-state index in [-0.39, 0.29) is 10.7 Å². The number of carboxylic acid groups (broad SMARTS) is 1. The maximum Gasteiger partial charge on any atom is 0.339 e. The largest absolute Gasteiger partial charge is 0.478 e. The van der Waals surface area contributed by atoms with Crippen molar-refractivity contribution in [3.05, 3.63) is 28.5 Å². The zero-order valence-electron chi connectivity index (χ0n) is 8.12. The van der Waals surface area contributed by atoms with Crippen molar-refractivity contribution in [2.75, 3.05) is 0 Å². The molecular weight excluding hydrogens is 202 g/mol. The van der Waals surface area contributed by atoms with E-state index in [4.69, 9.17) is 16.7 Å². The highest BCUT2D eigenvalue weighted by molar-refractivity contribution is 6.32. The lowest BCUT2D eigenvalue weighted by Crippen LogP contribution is -2.07. The van der Waals surface area contributed by atoms with Crippen LogP contribution in [0.4, 0.5) is 0 Å². The fourth-order valence-electron chi connectivity index (χ4n) is 1.31. The molecule has 1 rings (SSSR count). The first-order valence-corrected chi connectivity index (χ1v) is 4.76. The van der Waals surface area contributed by atoms with Gasteiger partial charge >= 0.3 is 5.97 Å². The van der Waals surface area contributed by atoms with Gasteiger partial charge in [0.05, 0.1) is 5.56 Å². The predicted octanol–water partition coefficient (Wildman–Crippen LogP) is 2.63. The van der Waals surface area contributed by atoms with Crippen molar-refractivity contribution < 1.29 is 9.90 Å². The molecule has 0 amide bonds. The van der Waals surface area contributed by atoms with E-state index in [1.54, 1.807) is 6.07 Å². The molecule has 4 heteroatoms. The Morgan fingerprint density at radius 2 is 2.29 bits per heavy atom. The molecule has 0 aliphatic rings. The summed E-state index contributed by atoms with van der Waals surface area (Å²) in [4.78, 5) is 14.7. The van der Waals surface area contributed by atoms with Gasteiger partial charge in [-0.1, -0.05) is 25.4 Å². The van der Waals surface area contributed by atoms with E-state index < -0.39 is 5.97 Å². The minimum absolute atomic E-state index is 0.0654. The Bertz CT molecular complexity index is 350. The molecule has 1 N–H and O–H groups in total. The van der Waals surface area contributed by atoms with Crippen molar-refractivity contribution in [2.24, 2.45) is 5.92 Å². The molecular formula is C10H12ClNO2. The van der Waals surface area contributed by atoms with E-state index in [0.717, 1.165) is 5.56 Å². The maximum absolute atomic E-state index is 10.9. The lowest BCUT2D eigenvalue weighted by Gasteiger charge is -2.08. The Kier molecular flexibility index (Phi) is 3.47. The number of pyridine rings is 1. The van der Waals surface area contributed by atoms with Crippen LogP contribution < -0.4 is 0 Å². The number of aromatic carboxylic acids is 1. The van der Waals surface area contributed by atoms with Gasteiger partial charge in [-0.25, -0.2) is 9.78 Å². The SMILES string of the molecule is CC(C)Cc1ccnc(Cl)c1C(=O)O. The third kappa shape index (κ3) is 2.45. The number of hydrogen-bond donors (Lipinski definition) is 1. The standard InChI is InChI=1S/C10H12ClNO2/c1-6(2)5-7-3-4-12-9(11)8(7)10(13)14/h3-4,6H,5H2,1-2H3,(H,13,14). The van der Waals surface area contributed by atoms with Gasteiger partial charge in [-0.05, 0) is 24.0 Å². The summed E-state index contributed by atoms with van der Waals surface area (Å²) in [5, 5.41) is 9.00. The molecule has 0 bridgehead atoms. The smallest absolute Gasteiger partial charge is 0.339 e. The predicted molar refractivity (Wildman–Crippen MR) is 54.7 cm³/mol. The topological polar surface area (TPSA) is 50.2 Å². The van der Waals surface area contributed by atoms with Gasteiger partial charge in [0.2, 0.25) is 0 Å². The number of carboxylic acids is 1. The Hall–Kier alpha value is -1.09. The normalized spacial score (nSPS) is 10.6. The average molecular weight is 214 g/mol. The molecule has 3 nitrogen and oxygen atoms in total. The lowest BCUT2D eigenvalue weighted by molar-refractivity contribution is 0.0695. The Balaban J connectivity index is 3.14. The quantitative estimate of drug-likeness (QED) is 0.786. The van der Waals surface area contributed by atoms with Crippen molar-refractivity contribution in [1.29, 1.82) is 0 Å². The van der Waals surface area contributed by atoms with Crippen molar-refractivity contribution in [2.45, 2.75) is 20.3 Å². The van der Waals surface area contributed by atoms with Gasteiger partial charge in [0.25, 0.3) is 0 Å². The molecule has 1 aromatic rings.